The second-order valence-electron chi connectivity index (χ2n) is 5.35. The molecule has 0 saturated heterocycles. The van der Waals surface area contributed by atoms with Crippen LogP contribution in [0.2, 0.25) is 0 Å². The van der Waals surface area contributed by atoms with E-state index in [0.717, 1.165) is 6.07 Å². The number of nitrogens with two attached hydrogens (primary N) is 1. The molecule has 11 heteroatoms. The molecule has 2 rings (SSSR count). The van der Waals surface area contributed by atoms with Crippen LogP contribution in [0.4, 0.5) is 11.4 Å². The number of rotatable bonds is 8. The largest absolute Gasteiger partial charge is 0.496 e. The lowest BCUT2D eigenvalue weighted by molar-refractivity contribution is -0.384. The first kappa shape index (κ1) is 20.3. The van der Waals surface area contributed by atoms with E-state index in [0.29, 0.717) is 22.8 Å². The normalized spacial score (nSPS) is 11.0. The number of methoxy groups -OCH3 is 3. The van der Waals surface area contributed by atoms with Crippen LogP contribution in [0.25, 0.3) is 0 Å². The van der Waals surface area contributed by atoms with Crippen molar-refractivity contribution in [1.82, 2.24) is 0 Å². The van der Waals surface area contributed by atoms with Gasteiger partial charge in [0.2, 0.25) is 10.0 Å². The minimum atomic E-state index is -4.05. The summed E-state index contributed by atoms with van der Waals surface area (Å²) >= 11 is 0. The fraction of sp³-hybridized carbons (Fsp3) is 0.250. The number of anilines is 1. The molecule has 10 nitrogen and oxygen atoms in total. The molecule has 0 bridgehead atoms. The molecular weight excluding hydrogens is 378 g/mol. The van der Waals surface area contributed by atoms with E-state index in [1.807, 2.05) is 0 Å². The Labute approximate surface area is 156 Å². The Kier molecular flexibility index (Phi) is 6.08. The van der Waals surface area contributed by atoms with Crippen molar-refractivity contribution >= 4 is 21.4 Å². The summed E-state index contributed by atoms with van der Waals surface area (Å²) in [6.45, 7) is 0.152. The number of ether oxygens (including phenoxy) is 3. The fourth-order valence-electron chi connectivity index (χ4n) is 2.41. The highest BCUT2D eigenvalue weighted by Crippen LogP contribution is 2.35. The zero-order valence-electron chi connectivity index (χ0n) is 14.9. The number of nitro groups is 1. The Bertz CT molecular complexity index is 961. The number of benzene rings is 2. The molecule has 0 heterocycles. The highest BCUT2D eigenvalue weighted by atomic mass is 32.2. The fourth-order valence-corrected chi connectivity index (χ4v) is 2.94. The molecule has 0 aliphatic rings. The molecule has 0 atom stereocenters. The van der Waals surface area contributed by atoms with Gasteiger partial charge in [0.15, 0.2) is 11.5 Å². The first-order chi connectivity index (χ1) is 12.7. The van der Waals surface area contributed by atoms with Gasteiger partial charge >= 0.3 is 0 Å². The molecule has 2 aromatic rings. The summed E-state index contributed by atoms with van der Waals surface area (Å²) in [5, 5.41) is 19.2. The quantitative estimate of drug-likeness (QED) is 0.508. The Morgan fingerprint density at radius 2 is 1.63 bits per heavy atom. The summed E-state index contributed by atoms with van der Waals surface area (Å²) in [7, 11) is 0.404. The number of nitrogens with one attached hydrogen (secondary N) is 1. The third kappa shape index (κ3) is 4.57. The van der Waals surface area contributed by atoms with Crippen LogP contribution in [-0.2, 0) is 16.6 Å². The highest BCUT2D eigenvalue weighted by molar-refractivity contribution is 7.89. The Balaban J connectivity index is 2.37. The van der Waals surface area contributed by atoms with Crippen molar-refractivity contribution in [2.45, 2.75) is 11.4 Å². The molecule has 0 aliphatic heterocycles. The van der Waals surface area contributed by atoms with Crippen molar-refractivity contribution in [3.8, 4) is 17.2 Å². The first-order valence-electron chi connectivity index (χ1n) is 7.55. The van der Waals surface area contributed by atoms with Crippen LogP contribution in [0, 0.1) is 10.1 Å². The average molecular weight is 397 g/mol. The van der Waals surface area contributed by atoms with E-state index < -0.39 is 20.6 Å². The molecule has 0 unspecified atom stereocenters. The van der Waals surface area contributed by atoms with Crippen molar-refractivity contribution < 1.29 is 27.6 Å². The zero-order valence-corrected chi connectivity index (χ0v) is 15.7. The third-order valence-electron chi connectivity index (χ3n) is 3.75. The minimum Gasteiger partial charge on any atom is -0.496 e. The number of nitro benzene ring substituents is 1. The van der Waals surface area contributed by atoms with Gasteiger partial charge in [-0.2, -0.15) is 0 Å². The van der Waals surface area contributed by atoms with Gasteiger partial charge in [-0.25, -0.2) is 13.6 Å². The standard InChI is InChI=1S/C16H19N3O7S/c1-24-14-8-16(26-3)15(25-2)6-10(14)9-18-12-5-4-11(27(17,22)23)7-13(12)19(20)21/h4-8,18H,9H2,1-3H3,(H2,17,22,23). The van der Waals surface area contributed by atoms with Crippen molar-refractivity contribution in [3.05, 3.63) is 46.0 Å². The monoisotopic (exact) mass is 397 g/mol. The molecule has 146 valence electrons. The molecule has 2 aromatic carbocycles. The van der Waals surface area contributed by atoms with Crippen LogP contribution in [0.5, 0.6) is 17.2 Å². The molecule has 0 radical (unpaired) electrons. The predicted octanol–water partition coefficient (Wildman–Crippen LogP) is 1.88. The lowest BCUT2D eigenvalue weighted by atomic mass is 10.1. The Morgan fingerprint density at radius 3 is 2.15 bits per heavy atom. The second-order valence-corrected chi connectivity index (χ2v) is 6.92. The van der Waals surface area contributed by atoms with E-state index in [1.165, 1.54) is 33.5 Å². The Morgan fingerprint density at radius 1 is 1.04 bits per heavy atom. The molecule has 0 amide bonds. The molecule has 0 saturated carbocycles. The van der Waals surface area contributed by atoms with Crippen LogP contribution in [-0.4, -0.2) is 34.7 Å². The molecule has 3 N–H and O–H groups in total. The number of hydrogen-bond acceptors (Lipinski definition) is 8. The maximum atomic E-state index is 11.4. The molecule has 27 heavy (non-hydrogen) atoms. The molecular formula is C16H19N3O7S. The van der Waals surface area contributed by atoms with Gasteiger partial charge in [-0.05, 0) is 18.2 Å². The van der Waals surface area contributed by atoms with Crippen molar-refractivity contribution in [2.24, 2.45) is 5.14 Å². The third-order valence-corrected chi connectivity index (χ3v) is 4.66. The zero-order chi connectivity index (χ0) is 20.2. The van der Waals surface area contributed by atoms with Crippen LogP contribution in [0.15, 0.2) is 35.2 Å². The smallest absolute Gasteiger partial charge is 0.293 e. The number of primary sulfonamides is 1. The van der Waals surface area contributed by atoms with Gasteiger partial charge in [0, 0.05) is 24.2 Å². The SMILES string of the molecule is COc1cc(OC)c(OC)cc1CNc1ccc(S(N)(=O)=O)cc1[N+](=O)[O-]. The van der Waals surface area contributed by atoms with Gasteiger partial charge in [-0.3, -0.25) is 10.1 Å². The summed E-state index contributed by atoms with van der Waals surface area (Å²) < 4.78 is 38.6. The van der Waals surface area contributed by atoms with Crippen LogP contribution in [0.3, 0.4) is 0 Å². The van der Waals surface area contributed by atoms with Crippen molar-refractivity contribution in [2.75, 3.05) is 26.6 Å². The van der Waals surface area contributed by atoms with Crippen LogP contribution >= 0.6 is 0 Å². The van der Waals surface area contributed by atoms with Crippen LogP contribution in [0.1, 0.15) is 5.56 Å². The molecule has 0 fully saturated rings. The number of sulfonamides is 1. The highest BCUT2D eigenvalue weighted by Gasteiger charge is 2.20. The lowest BCUT2D eigenvalue weighted by Gasteiger charge is -2.15. The second kappa shape index (κ2) is 8.10. The van der Waals surface area contributed by atoms with Crippen molar-refractivity contribution in [3.63, 3.8) is 0 Å². The number of nitrogens with zero attached hydrogens (tertiary/aromatic N) is 1. The maximum Gasteiger partial charge on any atom is 0.293 e. The average Bonchev–Trinajstić information content (AvgIpc) is 2.64. The van der Waals surface area contributed by atoms with E-state index in [4.69, 9.17) is 19.3 Å². The van der Waals surface area contributed by atoms with Gasteiger partial charge in [0.1, 0.15) is 11.4 Å². The van der Waals surface area contributed by atoms with Gasteiger partial charge in [-0.15, -0.1) is 0 Å². The molecule has 0 aliphatic carbocycles. The summed E-state index contributed by atoms with van der Waals surface area (Å²) in [4.78, 5) is 10.3. The van der Waals surface area contributed by atoms with Crippen LogP contribution < -0.4 is 24.7 Å². The maximum absolute atomic E-state index is 11.4. The lowest BCUT2D eigenvalue weighted by Crippen LogP contribution is -2.13. The Hall–Kier alpha value is -3.05. The van der Waals surface area contributed by atoms with E-state index in [9.17, 15) is 18.5 Å². The summed E-state index contributed by atoms with van der Waals surface area (Å²) in [5.74, 6) is 1.43. The topological polar surface area (TPSA) is 143 Å². The van der Waals surface area contributed by atoms with E-state index in [1.54, 1.807) is 12.1 Å². The first-order valence-corrected chi connectivity index (χ1v) is 9.10. The minimum absolute atomic E-state index is 0.129. The molecule has 0 spiro atoms. The summed E-state index contributed by atoms with van der Waals surface area (Å²) in [6, 6.07) is 6.69. The van der Waals surface area contributed by atoms with Crippen molar-refractivity contribution in [1.29, 1.82) is 0 Å². The van der Waals surface area contributed by atoms with Gasteiger partial charge in [-0.1, -0.05) is 0 Å². The summed E-state index contributed by atoms with van der Waals surface area (Å²) in [5.41, 5.74) is 0.366. The molecule has 0 aromatic heterocycles. The van der Waals surface area contributed by atoms with E-state index in [2.05, 4.69) is 5.32 Å². The van der Waals surface area contributed by atoms with E-state index in [-0.39, 0.29) is 17.1 Å². The number of hydrogen-bond donors (Lipinski definition) is 2. The van der Waals surface area contributed by atoms with E-state index >= 15 is 0 Å². The van der Waals surface area contributed by atoms with Gasteiger partial charge in [0.05, 0.1) is 31.1 Å². The van der Waals surface area contributed by atoms with Gasteiger partial charge < -0.3 is 19.5 Å². The predicted molar refractivity (Wildman–Crippen MR) is 97.9 cm³/mol. The van der Waals surface area contributed by atoms with Gasteiger partial charge in [0.25, 0.3) is 5.69 Å². The summed E-state index contributed by atoms with van der Waals surface area (Å²) in [6.07, 6.45) is 0.